The summed E-state index contributed by atoms with van der Waals surface area (Å²) in [6, 6.07) is 7.55. The lowest BCUT2D eigenvalue weighted by Gasteiger charge is -2.27. The smallest absolute Gasteiger partial charge is 0.335 e. The predicted octanol–water partition coefficient (Wildman–Crippen LogP) is 2.64. The van der Waals surface area contributed by atoms with E-state index in [1.165, 1.54) is 12.1 Å². The number of urea groups is 1. The molecule has 2 aliphatic rings. The molecule has 0 aliphatic carbocycles. The number of fused-ring (bicyclic) bond motifs is 1. The molecule has 2 aromatic rings. The van der Waals surface area contributed by atoms with Crippen molar-refractivity contribution in [3.05, 3.63) is 47.8 Å². The lowest BCUT2D eigenvalue weighted by molar-refractivity contribution is -0.122. The molecule has 0 unspecified atom stereocenters. The molecule has 0 radical (unpaired) electrons. The van der Waals surface area contributed by atoms with E-state index < -0.39 is 17.8 Å². The largest absolute Gasteiger partial charge is 0.454 e. The first kappa shape index (κ1) is 17.8. The second kappa shape index (κ2) is 6.26. The second-order valence-electron chi connectivity index (χ2n) is 7.47. The zero-order chi connectivity index (χ0) is 20.1. The maximum atomic E-state index is 13.0. The number of carbonyl (C=O) groups is 3. The number of ether oxygens (including phenoxy) is 2. The minimum absolute atomic E-state index is 0.0758. The zero-order valence-electron chi connectivity index (χ0n) is 15.7. The zero-order valence-corrected chi connectivity index (χ0v) is 15.7. The predicted molar refractivity (Wildman–Crippen MR) is 101 cm³/mol. The Labute approximate surface area is 161 Å². The standard InChI is InChI=1S/C20H19N3O5/c1-20(2,3)22-8-4-5-12(22)9-14-17(24)21-19(26)23(18(14)25)13-6-7-15-16(10-13)28-11-27-15/h4-10H,11H2,1-3H3,(H,21,24,26). The Bertz CT molecular complexity index is 1030. The van der Waals surface area contributed by atoms with Crippen LogP contribution in [0.2, 0.25) is 0 Å². The summed E-state index contributed by atoms with van der Waals surface area (Å²) in [5.41, 5.74) is 0.612. The van der Waals surface area contributed by atoms with Gasteiger partial charge in [-0.15, -0.1) is 0 Å². The summed E-state index contributed by atoms with van der Waals surface area (Å²) < 4.78 is 12.5. The maximum absolute atomic E-state index is 13.0. The van der Waals surface area contributed by atoms with Crippen molar-refractivity contribution in [1.82, 2.24) is 9.88 Å². The Balaban J connectivity index is 1.74. The molecule has 1 N–H and O–H groups in total. The van der Waals surface area contributed by atoms with Gasteiger partial charge in [-0.3, -0.25) is 14.9 Å². The van der Waals surface area contributed by atoms with E-state index in [4.69, 9.17) is 9.47 Å². The number of rotatable bonds is 2. The molecule has 0 atom stereocenters. The number of benzene rings is 1. The van der Waals surface area contributed by atoms with Gasteiger partial charge in [-0.05, 0) is 51.1 Å². The van der Waals surface area contributed by atoms with Crippen LogP contribution in [0.25, 0.3) is 6.08 Å². The fraction of sp³-hybridized carbons (Fsp3) is 0.250. The molecule has 1 fully saturated rings. The van der Waals surface area contributed by atoms with E-state index in [0.717, 1.165) is 4.90 Å². The Hall–Kier alpha value is -3.55. The fourth-order valence-electron chi connectivity index (χ4n) is 3.19. The molecule has 3 heterocycles. The molecule has 8 heteroatoms. The van der Waals surface area contributed by atoms with Crippen LogP contribution in [0.5, 0.6) is 11.5 Å². The molecule has 1 aromatic carbocycles. The van der Waals surface area contributed by atoms with Gasteiger partial charge in [0.25, 0.3) is 11.8 Å². The average Bonchev–Trinajstić information content (AvgIpc) is 3.26. The number of aromatic nitrogens is 1. The minimum Gasteiger partial charge on any atom is -0.454 e. The summed E-state index contributed by atoms with van der Waals surface area (Å²) >= 11 is 0. The van der Waals surface area contributed by atoms with Crippen LogP contribution in [0.15, 0.2) is 42.1 Å². The van der Waals surface area contributed by atoms with Crippen LogP contribution in [0.3, 0.4) is 0 Å². The maximum Gasteiger partial charge on any atom is 0.335 e. The molecule has 0 bridgehead atoms. The number of nitrogens with zero attached hydrogens (tertiary/aromatic N) is 2. The summed E-state index contributed by atoms with van der Waals surface area (Å²) in [6.45, 7) is 6.12. The summed E-state index contributed by atoms with van der Waals surface area (Å²) in [4.78, 5) is 38.7. The number of amides is 4. The molecule has 8 nitrogen and oxygen atoms in total. The molecule has 2 aliphatic heterocycles. The first-order valence-electron chi connectivity index (χ1n) is 8.74. The first-order valence-corrected chi connectivity index (χ1v) is 8.74. The van der Waals surface area contributed by atoms with Crippen molar-refractivity contribution in [1.29, 1.82) is 0 Å². The van der Waals surface area contributed by atoms with Crippen LogP contribution < -0.4 is 19.7 Å². The van der Waals surface area contributed by atoms with Crippen LogP contribution in [0.4, 0.5) is 10.5 Å². The second-order valence-corrected chi connectivity index (χ2v) is 7.47. The summed E-state index contributed by atoms with van der Waals surface area (Å²) in [5.74, 6) is -0.464. The molecule has 28 heavy (non-hydrogen) atoms. The highest BCUT2D eigenvalue weighted by Crippen LogP contribution is 2.36. The quantitative estimate of drug-likeness (QED) is 0.638. The van der Waals surface area contributed by atoms with E-state index in [9.17, 15) is 14.4 Å². The lowest BCUT2D eigenvalue weighted by atomic mass is 10.1. The Morgan fingerprint density at radius 1 is 1.07 bits per heavy atom. The van der Waals surface area contributed by atoms with Crippen LogP contribution in [0, 0.1) is 0 Å². The van der Waals surface area contributed by atoms with E-state index >= 15 is 0 Å². The van der Waals surface area contributed by atoms with Gasteiger partial charge in [0.05, 0.1) is 5.69 Å². The molecular formula is C20H19N3O5. The van der Waals surface area contributed by atoms with Crippen LogP contribution in [0.1, 0.15) is 26.5 Å². The number of hydrogen-bond acceptors (Lipinski definition) is 5. The van der Waals surface area contributed by atoms with E-state index in [1.807, 2.05) is 37.6 Å². The van der Waals surface area contributed by atoms with Crippen LogP contribution in [-0.4, -0.2) is 29.2 Å². The summed E-state index contributed by atoms with van der Waals surface area (Å²) in [7, 11) is 0. The first-order chi connectivity index (χ1) is 13.3. The van der Waals surface area contributed by atoms with E-state index in [1.54, 1.807) is 18.2 Å². The van der Waals surface area contributed by atoms with Gasteiger partial charge in [-0.25, -0.2) is 9.69 Å². The minimum atomic E-state index is -0.808. The van der Waals surface area contributed by atoms with E-state index in [0.29, 0.717) is 17.2 Å². The number of hydrogen-bond donors (Lipinski definition) is 1. The van der Waals surface area contributed by atoms with Crippen molar-refractivity contribution in [2.45, 2.75) is 26.3 Å². The number of carbonyl (C=O) groups excluding carboxylic acids is 3. The van der Waals surface area contributed by atoms with Crippen LogP contribution in [-0.2, 0) is 15.1 Å². The van der Waals surface area contributed by atoms with Crippen LogP contribution >= 0.6 is 0 Å². The highest BCUT2D eigenvalue weighted by atomic mass is 16.7. The average molecular weight is 381 g/mol. The molecule has 0 spiro atoms. The number of barbiturate groups is 1. The van der Waals surface area contributed by atoms with E-state index in [2.05, 4.69) is 5.32 Å². The number of imide groups is 2. The topological polar surface area (TPSA) is 89.9 Å². The third-order valence-electron chi connectivity index (χ3n) is 4.51. The van der Waals surface area contributed by atoms with E-state index in [-0.39, 0.29) is 23.6 Å². The van der Waals surface area contributed by atoms with Crippen molar-refractivity contribution in [3.63, 3.8) is 0 Å². The monoisotopic (exact) mass is 381 g/mol. The Kier molecular flexibility index (Phi) is 3.99. The number of anilines is 1. The molecular weight excluding hydrogens is 362 g/mol. The fourth-order valence-corrected chi connectivity index (χ4v) is 3.19. The SMILES string of the molecule is CC(C)(C)n1cccc1C=C1C(=O)NC(=O)N(c2ccc3c(c2)OCO3)C1=O. The van der Waals surface area contributed by atoms with Gasteiger partial charge in [0.1, 0.15) is 5.57 Å². The highest BCUT2D eigenvalue weighted by molar-refractivity contribution is 6.39. The molecule has 144 valence electrons. The van der Waals surface area contributed by atoms with Gasteiger partial charge < -0.3 is 14.0 Å². The lowest BCUT2D eigenvalue weighted by Crippen LogP contribution is -2.54. The molecule has 0 saturated carbocycles. The molecule has 1 saturated heterocycles. The van der Waals surface area contributed by atoms with Gasteiger partial charge in [0, 0.05) is 23.5 Å². The van der Waals surface area contributed by atoms with Gasteiger partial charge >= 0.3 is 6.03 Å². The van der Waals surface area contributed by atoms with Crippen molar-refractivity contribution >= 4 is 29.6 Å². The molecule has 4 amide bonds. The van der Waals surface area contributed by atoms with Crippen molar-refractivity contribution in [2.75, 3.05) is 11.7 Å². The van der Waals surface area contributed by atoms with Gasteiger partial charge in [0.15, 0.2) is 11.5 Å². The Morgan fingerprint density at radius 3 is 2.57 bits per heavy atom. The van der Waals surface area contributed by atoms with Crippen molar-refractivity contribution in [3.8, 4) is 11.5 Å². The third-order valence-corrected chi connectivity index (χ3v) is 4.51. The summed E-state index contributed by atoms with van der Waals surface area (Å²) in [5, 5.41) is 2.22. The van der Waals surface area contributed by atoms with Gasteiger partial charge in [0.2, 0.25) is 6.79 Å². The highest BCUT2D eigenvalue weighted by Gasteiger charge is 2.37. The van der Waals surface area contributed by atoms with Crippen molar-refractivity contribution < 1.29 is 23.9 Å². The Morgan fingerprint density at radius 2 is 1.82 bits per heavy atom. The van der Waals surface area contributed by atoms with Gasteiger partial charge in [-0.2, -0.15) is 0 Å². The number of nitrogens with one attached hydrogen (secondary N) is 1. The summed E-state index contributed by atoms with van der Waals surface area (Å²) in [6.07, 6.45) is 3.37. The van der Waals surface area contributed by atoms with Crippen molar-refractivity contribution in [2.24, 2.45) is 0 Å². The normalized spacial score (nSPS) is 18.0. The molecule has 1 aromatic heterocycles. The third kappa shape index (κ3) is 2.92. The van der Waals surface area contributed by atoms with Gasteiger partial charge in [-0.1, -0.05) is 0 Å². The molecule has 4 rings (SSSR count).